The number of ether oxygens (including phenoxy) is 2. The van der Waals surface area contributed by atoms with Gasteiger partial charge < -0.3 is 9.47 Å². The minimum atomic E-state index is -0.463. The first kappa shape index (κ1) is 11.7. The Hall–Kier alpha value is -1.74. The molecule has 88 valence electrons. The summed E-state index contributed by atoms with van der Waals surface area (Å²) < 4.78 is 9.88. The van der Waals surface area contributed by atoms with Crippen molar-refractivity contribution in [3.8, 4) is 5.75 Å². The molecule has 0 fully saturated rings. The summed E-state index contributed by atoms with van der Waals surface area (Å²) in [7, 11) is 2.80. The Kier molecular flexibility index (Phi) is 3.20. The topological polar surface area (TPSA) is 35.5 Å². The summed E-state index contributed by atoms with van der Waals surface area (Å²) in [6.07, 6.45) is 0. The number of carbonyl (C=O) groups is 1. The molecule has 0 atom stereocenters. The Morgan fingerprint density at radius 2 is 1.94 bits per heavy atom. The summed E-state index contributed by atoms with van der Waals surface area (Å²) in [4.78, 5) is 11.6. The molecule has 4 heteroatoms. The van der Waals surface area contributed by atoms with E-state index in [1.807, 2.05) is 24.3 Å². The number of carbonyl (C=O) groups excluding carboxylic acids is 1. The monoisotopic (exact) mass is 250 g/mol. The van der Waals surface area contributed by atoms with Crippen molar-refractivity contribution in [2.75, 3.05) is 14.2 Å². The number of methoxy groups -OCH3 is 2. The van der Waals surface area contributed by atoms with Gasteiger partial charge in [-0.1, -0.05) is 35.9 Å². The van der Waals surface area contributed by atoms with E-state index < -0.39 is 5.97 Å². The lowest BCUT2D eigenvalue weighted by atomic mass is 10.1. The molecule has 0 aliphatic heterocycles. The SMILES string of the molecule is COC(=O)c1cc2ccccc2c(Cl)c1OC. The molecule has 2 rings (SSSR count). The average molecular weight is 251 g/mol. The van der Waals surface area contributed by atoms with Gasteiger partial charge in [0.05, 0.1) is 19.2 Å². The maximum atomic E-state index is 11.6. The molecule has 0 radical (unpaired) electrons. The van der Waals surface area contributed by atoms with Crippen LogP contribution >= 0.6 is 11.6 Å². The molecule has 0 saturated heterocycles. The Morgan fingerprint density at radius 3 is 2.59 bits per heavy atom. The highest BCUT2D eigenvalue weighted by Crippen LogP contribution is 2.36. The van der Waals surface area contributed by atoms with Gasteiger partial charge in [-0.05, 0) is 11.5 Å². The van der Waals surface area contributed by atoms with Gasteiger partial charge in [0.2, 0.25) is 0 Å². The molecule has 0 saturated carbocycles. The van der Waals surface area contributed by atoms with Gasteiger partial charge >= 0.3 is 5.97 Å². The van der Waals surface area contributed by atoms with E-state index in [1.165, 1.54) is 14.2 Å². The maximum absolute atomic E-state index is 11.6. The molecule has 0 aromatic heterocycles. The highest BCUT2D eigenvalue weighted by Gasteiger charge is 2.18. The lowest BCUT2D eigenvalue weighted by Crippen LogP contribution is -2.04. The maximum Gasteiger partial charge on any atom is 0.341 e. The van der Waals surface area contributed by atoms with E-state index in [-0.39, 0.29) is 0 Å². The van der Waals surface area contributed by atoms with Crippen LogP contribution in [0, 0.1) is 0 Å². The summed E-state index contributed by atoms with van der Waals surface area (Å²) in [6, 6.07) is 9.23. The zero-order chi connectivity index (χ0) is 12.4. The largest absolute Gasteiger partial charge is 0.494 e. The molecule has 0 spiro atoms. The van der Waals surface area contributed by atoms with Gasteiger partial charge in [-0.2, -0.15) is 0 Å². The number of rotatable bonds is 2. The fourth-order valence-corrected chi connectivity index (χ4v) is 2.10. The van der Waals surface area contributed by atoms with E-state index >= 15 is 0 Å². The van der Waals surface area contributed by atoms with Gasteiger partial charge in [0.1, 0.15) is 5.56 Å². The van der Waals surface area contributed by atoms with E-state index in [4.69, 9.17) is 21.1 Å². The average Bonchev–Trinajstić information content (AvgIpc) is 2.37. The molecule has 2 aromatic rings. The Labute approximate surface area is 104 Å². The highest BCUT2D eigenvalue weighted by molar-refractivity contribution is 6.37. The molecule has 3 nitrogen and oxygen atoms in total. The van der Waals surface area contributed by atoms with Crippen molar-refractivity contribution in [2.24, 2.45) is 0 Å². The fraction of sp³-hybridized carbons (Fsp3) is 0.154. The first-order chi connectivity index (χ1) is 8.19. The molecule has 0 bridgehead atoms. The third-order valence-corrected chi connectivity index (χ3v) is 2.93. The molecule has 0 unspecified atom stereocenters. The quantitative estimate of drug-likeness (QED) is 0.768. The number of hydrogen-bond donors (Lipinski definition) is 0. The summed E-state index contributed by atoms with van der Waals surface area (Å²) in [5, 5.41) is 2.14. The van der Waals surface area contributed by atoms with Crippen molar-refractivity contribution in [1.82, 2.24) is 0 Å². The normalized spacial score (nSPS) is 10.3. The van der Waals surface area contributed by atoms with Crippen LogP contribution in [-0.4, -0.2) is 20.2 Å². The van der Waals surface area contributed by atoms with Gasteiger partial charge in [-0.25, -0.2) is 4.79 Å². The molecular weight excluding hydrogens is 240 g/mol. The zero-order valence-corrected chi connectivity index (χ0v) is 10.2. The van der Waals surface area contributed by atoms with Crippen molar-refractivity contribution in [3.05, 3.63) is 40.9 Å². The smallest absolute Gasteiger partial charge is 0.341 e. The first-order valence-electron chi connectivity index (χ1n) is 5.02. The van der Waals surface area contributed by atoms with Gasteiger partial charge in [0, 0.05) is 5.39 Å². The predicted octanol–water partition coefficient (Wildman–Crippen LogP) is 3.29. The van der Waals surface area contributed by atoms with Crippen LogP contribution in [0.2, 0.25) is 5.02 Å². The second-order valence-corrected chi connectivity index (χ2v) is 3.86. The van der Waals surface area contributed by atoms with Crippen molar-refractivity contribution in [1.29, 1.82) is 0 Å². The van der Waals surface area contributed by atoms with Crippen LogP contribution in [0.5, 0.6) is 5.75 Å². The fourth-order valence-electron chi connectivity index (χ4n) is 1.75. The number of benzene rings is 2. The Bertz CT molecular complexity index is 578. The van der Waals surface area contributed by atoms with Crippen LogP contribution in [0.1, 0.15) is 10.4 Å². The lowest BCUT2D eigenvalue weighted by molar-refractivity contribution is 0.0597. The van der Waals surface area contributed by atoms with Gasteiger partial charge in [0.15, 0.2) is 5.75 Å². The third kappa shape index (κ3) is 1.94. The minimum absolute atomic E-state index is 0.332. The Balaban J connectivity index is 2.79. The van der Waals surface area contributed by atoms with Crippen LogP contribution in [0.25, 0.3) is 10.8 Å². The molecule has 0 amide bonds. The van der Waals surface area contributed by atoms with Crippen molar-refractivity contribution < 1.29 is 14.3 Å². The summed E-state index contributed by atoms with van der Waals surface area (Å²) in [5.41, 5.74) is 0.332. The van der Waals surface area contributed by atoms with Crippen LogP contribution in [0.3, 0.4) is 0 Å². The van der Waals surface area contributed by atoms with Gasteiger partial charge in [0.25, 0.3) is 0 Å². The van der Waals surface area contributed by atoms with Crippen molar-refractivity contribution in [2.45, 2.75) is 0 Å². The summed E-state index contributed by atoms with van der Waals surface area (Å²) in [6.45, 7) is 0. The van der Waals surface area contributed by atoms with E-state index in [0.29, 0.717) is 16.3 Å². The van der Waals surface area contributed by atoms with Crippen molar-refractivity contribution in [3.63, 3.8) is 0 Å². The zero-order valence-electron chi connectivity index (χ0n) is 9.49. The van der Waals surface area contributed by atoms with Crippen LogP contribution in [0.4, 0.5) is 0 Å². The Morgan fingerprint density at radius 1 is 1.24 bits per heavy atom. The second kappa shape index (κ2) is 4.63. The molecule has 0 N–H and O–H groups in total. The molecule has 0 aliphatic carbocycles. The predicted molar refractivity (Wildman–Crippen MR) is 66.8 cm³/mol. The number of esters is 1. The highest BCUT2D eigenvalue weighted by atomic mass is 35.5. The summed E-state index contributed by atoms with van der Waals surface area (Å²) in [5.74, 6) is -0.119. The number of halogens is 1. The van der Waals surface area contributed by atoms with Crippen molar-refractivity contribution >= 4 is 28.3 Å². The number of hydrogen-bond acceptors (Lipinski definition) is 3. The molecule has 0 aliphatic rings. The van der Waals surface area contributed by atoms with Crippen LogP contribution in [-0.2, 0) is 4.74 Å². The van der Waals surface area contributed by atoms with Crippen LogP contribution in [0.15, 0.2) is 30.3 Å². The van der Waals surface area contributed by atoms with E-state index in [2.05, 4.69) is 0 Å². The molecule has 0 heterocycles. The van der Waals surface area contributed by atoms with Gasteiger partial charge in [-0.15, -0.1) is 0 Å². The molecule has 2 aromatic carbocycles. The second-order valence-electron chi connectivity index (χ2n) is 3.48. The third-order valence-electron chi connectivity index (χ3n) is 2.55. The minimum Gasteiger partial charge on any atom is -0.494 e. The van der Waals surface area contributed by atoms with Crippen LogP contribution < -0.4 is 4.74 Å². The van der Waals surface area contributed by atoms with E-state index in [1.54, 1.807) is 6.07 Å². The summed E-state index contributed by atoms with van der Waals surface area (Å²) >= 11 is 6.22. The van der Waals surface area contributed by atoms with E-state index in [9.17, 15) is 4.79 Å². The standard InChI is InChI=1S/C13H11ClO3/c1-16-12-10(13(15)17-2)7-8-5-3-4-6-9(8)11(12)14/h3-7H,1-2H3. The lowest BCUT2D eigenvalue weighted by Gasteiger charge is -2.11. The molecular formula is C13H11ClO3. The number of fused-ring (bicyclic) bond motifs is 1. The van der Waals surface area contributed by atoms with E-state index in [0.717, 1.165) is 10.8 Å². The first-order valence-corrected chi connectivity index (χ1v) is 5.40. The molecule has 17 heavy (non-hydrogen) atoms. The van der Waals surface area contributed by atoms with Gasteiger partial charge in [-0.3, -0.25) is 0 Å².